The molecular formula is C52H69ClFN9O5. The standard InChI is InChI=1S/C52H69ClFN9O5/c1-50(2)47(51(3,4)48(50)67-34-13-14-39(55-7)38(53)20-34)59-45(64)30-21-57-49(58-22-30)63-27-32-19-33(63)26-61(32)23-29-24-62(25-29)40-10-9-11-42(43(40)54)68-41-15-12-31(52(5,6)66)18-36(41)37-28-60(8)46(65)44-35(37)16-17-56-44/h9-15,18,20,28-30,32-33,35,44,47-49,55-58,66H,16-17,19,21-27H2,1-8H3,(H,59,64). The fourth-order valence-corrected chi connectivity index (χ4v) is 13.2. The summed E-state index contributed by atoms with van der Waals surface area (Å²) in [5, 5.41) is 28.7. The van der Waals surface area contributed by atoms with Gasteiger partial charge in [0, 0.05) is 119 Å². The highest BCUT2D eigenvalue weighted by molar-refractivity contribution is 6.33. The molecule has 0 spiro atoms. The lowest BCUT2D eigenvalue weighted by atomic mass is 9.49. The first-order chi connectivity index (χ1) is 32.3. The molecule has 3 aromatic rings. The number of anilines is 2. The van der Waals surface area contributed by atoms with Crippen molar-refractivity contribution < 1.29 is 28.6 Å². The molecule has 1 saturated carbocycles. The summed E-state index contributed by atoms with van der Waals surface area (Å²) in [5.74, 6) is 1.21. The van der Waals surface area contributed by atoms with E-state index < -0.39 is 11.4 Å². The Morgan fingerprint density at radius 3 is 2.40 bits per heavy atom. The van der Waals surface area contributed by atoms with Crippen LogP contribution in [0.25, 0.3) is 5.57 Å². The molecule has 0 radical (unpaired) electrons. The molecule has 3 aromatic carbocycles. The number of hydrogen-bond donors (Lipinski definition) is 6. The number of nitrogens with one attached hydrogen (secondary N) is 5. The van der Waals surface area contributed by atoms with Crippen LogP contribution >= 0.6 is 11.6 Å². The van der Waals surface area contributed by atoms with Crippen molar-refractivity contribution in [2.45, 2.75) is 96.5 Å². The third kappa shape index (κ3) is 8.43. The molecule has 4 atom stereocenters. The molecule has 5 saturated heterocycles. The molecule has 10 rings (SSSR count). The molecule has 6 fully saturated rings. The molecule has 0 aromatic heterocycles. The van der Waals surface area contributed by atoms with Gasteiger partial charge in [-0.25, -0.2) is 4.39 Å². The van der Waals surface area contributed by atoms with E-state index in [1.54, 1.807) is 37.9 Å². The number of fused-ring (bicyclic) bond motifs is 3. The van der Waals surface area contributed by atoms with Crippen LogP contribution in [0.2, 0.25) is 5.02 Å². The number of piperazine rings is 1. The number of ether oxygens (including phenoxy) is 2. The van der Waals surface area contributed by atoms with Gasteiger partial charge in [0.2, 0.25) is 11.8 Å². The zero-order valence-corrected chi connectivity index (χ0v) is 41.4. The maximum atomic E-state index is 16.4. The van der Waals surface area contributed by atoms with Gasteiger partial charge in [0.25, 0.3) is 0 Å². The number of carbonyl (C=O) groups excluding carboxylic acids is 2. The SMILES string of the molecule is CNc1ccc(OC2C(C)(C)C(NC(=O)C3CNC(N4CC5CC4CN5CC4CN(c5cccc(Oc6ccc(C(C)(C)O)cc6C6=CN(C)C(=O)C7NCCC67)c5F)C4)NC3)C2(C)C)cc1Cl. The van der Waals surface area contributed by atoms with Crippen LogP contribution in [0.5, 0.6) is 17.2 Å². The summed E-state index contributed by atoms with van der Waals surface area (Å²) in [6.45, 7) is 18.5. The number of amides is 2. The molecule has 6 aliphatic heterocycles. The Labute approximate surface area is 405 Å². The molecule has 4 unspecified atom stereocenters. The van der Waals surface area contributed by atoms with Gasteiger partial charge in [-0.05, 0) is 80.8 Å². The van der Waals surface area contributed by atoms with Crippen molar-refractivity contribution in [1.82, 2.24) is 36.0 Å². The van der Waals surface area contributed by atoms with Crippen LogP contribution in [0.15, 0.2) is 60.8 Å². The molecule has 6 heterocycles. The van der Waals surface area contributed by atoms with Crippen LogP contribution in [0.1, 0.15) is 65.5 Å². The molecule has 366 valence electrons. The van der Waals surface area contributed by atoms with Gasteiger partial charge in [0.15, 0.2) is 11.6 Å². The maximum Gasteiger partial charge on any atom is 0.244 e. The van der Waals surface area contributed by atoms with Crippen molar-refractivity contribution in [3.05, 3.63) is 82.8 Å². The summed E-state index contributed by atoms with van der Waals surface area (Å²) in [6.07, 6.45) is 3.69. The Bertz CT molecular complexity index is 2450. The summed E-state index contributed by atoms with van der Waals surface area (Å²) in [5.41, 5.74) is 2.09. The van der Waals surface area contributed by atoms with E-state index in [4.69, 9.17) is 21.1 Å². The summed E-state index contributed by atoms with van der Waals surface area (Å²) in [7, 11) is 3.59. The topological polar surface area (TPSA) is 146 Å². The normalized spacial score (nSPS) is 30.1. The predicted molar refractivity (Wildman–Crippen MR) is 263 cm³/mol. The summed E-state index contributed by atoms with van der Waals surface area (Å²) >= 11 is 6.45. The van der Waals surface area contributed by atoms with Gasteiger partial charge in [0.1, 0.15) is 23.9 Å². The monoisotopic (exact) mass is 954 g/mol. The van der Waals surface area contributed by atoms with Crippen LogP contribution in [0.4, 0.5) is 15.8 Å². The molecule has 6 N–H and O–H groups in total. The van der Waals surface area contributed by atoms with Crippen LogP contribution < -0.4 is 41.0 Å². The molecule has 2 bridgehead atoms. The van der Waals surface area contributed by atoms with Gasteiger partial charge < -0.3 is 40.3 Å². The Morgan fingerprint density at radius 2 is 1.72 bits per heavy atom. The van der Waals surface area contributed by atoms with E-state index in [0.29, 0.717) is 53.1 Å². The van der Waals surface area contributed by atoms with Crippen molar-refractivity contribution in [3.8, 4) is 17.2 Å². The number of hydrogen-bond acceptors (Lipinski definition) is 12. The van der Waals surface area contributed by atoms with Gasteiger partial charge in [-0.2, -0.15) is 0 Å². The lowest BCUT2D eigenvalue weighted by molar-refractivity contribution is -0.174. The van der Waals surface area contributed by atoms with Gasteiger partial charge in [-0.1, -0.05) is 51.4 Å². The van der Waals surface area contributed by atoms with Crippen molar-refractivity contribution in [3.63, 3.8) is 0 Å². The number of rotatable bonds is 13. The Kier molecular flexibility index (Phi) is 12.3. The Hall–Kier alpha value is -4.48. The highest BCUT2D eigenvalue weighted by Crippen LogP contribution is 2.56. The van der Waals surface area contributed by atoms with Crippen LogP contribution in [-0.2, 0) is 15.2 Å². The molecule has 68 heavy (non-hydrogen) atoms. The smallest absolute Gasteiger partial charge is 0.244 e. The number of benzene rings is 3. The first kappa shape index (κ1) is 47.2. The van der Waals surface area contributed by atoms with E-state index in [2.05, 4.69) is 69.0 Å². The zero-order chi connectivity index (χ0) is 48.0. The average molecular weight is 955 g/mol. The number of likely N-dealkylation sites (N-methyl/N-ethyl adjacent to an activating group) is 1. The highest BCUT2D eigenvalue weighted by Gasteiger charge is 2.64. The average Bonchev–Trinajstić information content (AvgIpc) is 4.05. The zero-order valence-electron chi connectivity index (χ0n) is 40.7. The highest BCUT2D eigenvalue weighted by atomic mass is 35.5. The van der Waals surface area contributed by atoms with E-state index in [-0.39, 0.29) is 64.7 Å². The van der Waals surface area contributed by atoms with Crippen molar-refractivity contribution >= 4 is 40.4 Å². The number of nitrogens with zero attached hydrogens (tertiary/aromatic N) is 4. The lowest BCUT2D eigenvalue weighted by Gasteiger charge is -2.63. The van der Waals surface area contributed by atoms with Gasteiger partial charge in [0.05, 0.1) is 34.0 Å². The van der Waals surface area contributed by atoms with E-state index >= 15 is 4.39 Å². The largest absolute Gasteiger partial charge is 0.489 e. The van der Waals surface area contributed by atoms with Crippen molar-refractivity contribution in [2.75, 3.05) is 76.7 Å². The molecule has 2 amide bonds. The first-order valence-corrected chi connectivity index (χ1v) is 24.9. The second-order valence-corrected chi connectivity index (χ2v) is 22.6. The van der Waals surface area contributed by atoms with Gasteiger partial charge in [-0.15, -0.1) is 0 Å². The quantitative estimate of drug-likeness (QED) is 0.127. The number of halogens is 2. The predicted octanol–water partition coefficient (Wildman–Crippen LogP) is 5.62. The fourth-order valence-electron chi connectivity index (χ4n) is 12.9. The summed E-state index contributed by atoms with van der Waals surface area (Å²) in [4.78, 5) is 35.6. The van der Waals surface area contributed by atoms with Crippen LogP contribution in [-0.4, -0.2) is 135 Å². The first-order valence-electron chi connectivity index (χ1n) is 24.5. The van der Waals surface area contributed by atoms with Crippen LogP contribution in [0.3, 0.4) is 0 Å². The third-order valence-electron chi connectivity index (χ3n) is 16.3. The molecule has 7 aliphatic rings. The second kappa shape index (κ2) is 17.7. The molecule has 1 aliphatic carbocycles. The minimum atomic E-state index is -1.11. The second-order valence-electron chi connectivity index (χ2n) is 22.2. The number of aliphatic hydroxyl groups is 1. The molecule has 16 heteroatoms. The minimum Gasteiger partial charge on any atom is -0.489 e. The minimum absolute atomic E-state index is 0.0223. The molecule has 14 nitrogen and oxygen atoms in total. The van der Waals surface area contributed by atoms with E-state index in [1.165, 1.54) is 0 Å². The fraction of sp³-hybridized carbons (Fsp3) is 0.577. The van der Waals surface area contributed by atoms with E-state index in [1.807, 2.05) is 55.7 Å². The van der Waals surface area contributed by atoms with E-state index in [0.717, 1.165) is 74.7 Å². The van der Waals surface area contributed by atoms with E-state index in [9.17, 15) is 14.7 Å². The van der Waals surface area contributed by atoms with Crippen molar-refractivity contribution in [1.29, 1.82) is 0 Å². The van der Waals surface area contributed by atoms with Crippen LogP contribution in [0, 0.1) is 34.4 Å². The summed E-state index contributed by atoms with van der Waals surface area (Å²) in [6, 6.07) is 17.1. The number of carbonyl (C=O) groups is 2. The Morgan fingerprint density at radius 1 is 0.971 bits per heavy atom. The third-order valence-corrected chi connectivity index (χ3v) is 16.6. The maximum absolute atomic E-state index is 16.4. The molecular weight excluding hydrogens is 885 g/mol. The lowest BCUT2D eigenvalue weighted by Crippen LogP contribution is -2.75. The Balaban J connectivity index is 0.704. The summed E-state index contributed by atoms with van der Waals surface area (Å²) < 4.78 is 29.4. The van der Waals surface area contributed by atoms with Crippen molar-refractivity contribution in [2.24, 2.45) is 28.6 Å². The van der Waals surface area contributed by atoms with Gasteiger partial charge in [-0.3, -0.25) is 30.0 Å². The number of likely N-dealkylation sites (tertiary alicyclic amines) is 2. The van der Waals surface area contributed by atoms with Gasteiger partial charge >= 0.3 is 0 Å².